The number of nitro groups is 1. The Bertz CT molecular complexity index is 882. The summed E-state index contributed by atoms with van der Waals surface area (Å²) in [6.07, 6.45) is -0.103. The molecule has 0 saturated carbocycles. The number of carbonyl (C=O) groups is 1. The lowest BCUT2D eigenvalue weighted by atomic mass is 10.2. The maximum Gasteiger partial charge on any atom is 0.274 e. The van der Waals surface area contributed by atoms with Gasteiger partial charge in [-0.3, -0.25) is 14.9 Å². The Balaban J connectivity index is 1.91. The highest BCUT2D eigenvalue weighted by molar-refractivity contribution is 7.89. The molecule has 0 unspecified atom stereocenters. The zero-order valence-corrected chi connectivity index (χ0v) is 14.2. The van der Waals surface area contributed by atoms with Crippen molar-refractivity contribution < 1.29 is 18.1 Å². The molecule has 2 aromatic carbocycles. The lowest BCUT2D eigenvalue weighted by Crippen LogP contribution is -2.27. The Morgan fingerprint density at radius 2 is 1.84 bits per heavy atom. The van der Waals surface area contributed by atoms with Gasteiger partial charge in [-0.1, -0.05) is 24.3 Å². The molecular weight excluding hydrogens is 346 g/mol. The first kappa shape index (κ1) is 18.6. The summed E-state index contributed by atoms with van der Waals surface area (Å²) in [5.41, 5.74) is 0.675. The van der Waals surface area contributed by atoms with Gasteiger partial charge in [0.05, 0.1) is 9.82 Å². The number of rotatable bonds is 7. The predicted molar refractivity (Wildman–Crippen MR) is 92.7 cm³/mol. The quantitative estimate of drug-likeness (QED) is 0.577. The van der Waals surface area contributed by atoms with E-state index in [2.05, 4.69) is 10.0 Å². The lowest BCUT2D eigenvalue weighted by molar-refractivity contribution is -0.385. The summed E-state index contributed by atoms with van der Waals surface area (Å²) in [5, 5.41) is 13.4. The third-order valence-corrected chi connectivity index (χ3v) is 4.86. The van der Waals surface area contributed by atoms with Crippen molar-refractivity contribution in [2.24, 2.45) is 0 Å². The number of carbonyl (C=O) groups excluding carboxylic acids is 1. The number of benzene rings is 2. The van der Waals surface area contributed by atoms with Gasteiger partial charge in [0.15, 0.2) is 0 Å². The molecule has 0 heterocycles. The van der Waals surface area contributed by atoms with Crippen molar-refractivity contribution in [2.75, 3.05) is 11.9 Å². The number of nitro benzene ring substituents is 1. The molecule has 1 amide bonds. The van der Waals surface area contributed by atoms with Crippen LogP contribution in [0.3, 0.4) is 0 Å². The third kappa shape index (κ3) is 5.10. The molecule has 0 aromatic heterocycles. The number of nitrogens with one attached hydrogen (secondary N) is 2. The van der Waals surface area contributed by atoms with Gasteiger partial charge in [-0.15, -0.1) is 0 Å². The van der Waals surface area contributed by atoms with Gasteiger partial charge in [-0.2, -0.15) is 0 Å². The Kier molecular flexibility index (Phi) is 5.84. The first-order chi connectivity index (χ1) is 11.8. The van der Waals surface area contributed by atoms with E-state index in [0.717, 1.165) is 0 Å². The van der Waals surface area contributed by atoms with Gasteiger partial charge in [0.25, 0.3) is 5.69 Å². The third-order valence-electron chi connectivity index (χ3n) is 3.39. The average molecular weight is 363 g/mol. The van der Waals surface area contributed by atoms with Crippen LogP contribution in [0.15, 0.2) is 53.4 Å². The van der Waals surface area contributed by atoms with Crippen molar-refractivity contribution in [3.8, 4) is 0 Å². The summed E-state index contributed by atoms with van der Waals surface area (Å²) < 4.78 is 26.4. The number of hydrogen-bond donors (Lipinski definition) is 2. The minimum Gasteiger partial charge on any atom is -0.326 e. The molecule has 8 nitrogen and oxygen atoms in total. The summed E-state index contributed by atoms with van der Waals surface area (Å²) in [4.78, 5) is 22.4. The van der Waals surface area contributed by atoms with Gasteiger partial charge < -0.3 is 5.32 Å². The fourth-order valence-electron chi connectivity index (χ4n) is 2.09. The van der Waals surface area contributed by atoms with Crippen LogP contribution in [-0.4, -0.2) is 25.8 Å². The smallest absolute Gasteiger partial charge is 0.274 e. The fourth-order valence-corrected chi connectivity index (χ4v) is 3.14. The average Bonchev–Trinajstić information content (AvgIpc) is 2.57. The van der Waals surface area contributed by atoms with E-state index in [0.29, 0.717) is 5.56 Å². The summed E-state index contributed by atoms with van der Waals surface area (Å²) >= 11 is 0. The van der Waals surface area contributed by atoms with Crippen LogP contribution < -0.4 is 10.0 Å². The monoisotopic (exact) mass is 363 g/mol. The molecule has 2 aromatic rings. The Labute approximate surface area is 145 Å². The Morgan fingerprint density at radius 3 is 2.48 bits per heavy atom. The Morgan fingerprint density at radius 1 is 1.16 bits per heavy atom. The van der Waals surface area contributed by atoms with Gasteiger partial charge in [-0.05, 0) is 25.1 Å². The largest absolute Gasteiger partial charge is 0.326 e. The second-order valence-corrected chi connectivity index (χ2v) is 7.03. The van der Waals surface area contributed by atoms with Gasteiger partial charge in [0, 0.05) is 30.3 Å². The summed E-state index contributed by atoms with van der Waals surface area (Å²) in [5.74, 6) is -0.450. The first-order valence-corrected chi connectivity index (χ1v) is 8.87. The zero-order valence-electron chi connectivity index (χ0n) is 13.4. The number of nitrogens with zero attached hydrogens (tertiary/aromatic N) is 1. The molecule has 25 heavy (non-hydrogen) atoms. The molecule has 2 rings (SSSR count). The second kappa shape index (κ2) is 7.86. The number of anilines is 1. The van der Waals surface area contributed by atoms with Crippen molar-refractivity contribution in [1.82, 2.24) is 4.72 Å². The van der Waals surface area contributed by atoms with Crippen molar-refractivity contribution in [3.05, 3.63) is 64.2 Å². The summed E-state index contributed by atoms with van der Waals surface area (Å²) in [6.45, 7) is 1.51. The van der Waals surface area contributed by atoms with Crippen molar-refractivity contribution in [2.45, 2.75) is 18.2 Å². The molecule has 9 heteroatoms. The molecule has 0 atom stereocenters. The van der Waals surface area contributed by atoms with Crippen LogP contribution >= 0.6 is 0 Å². The van der Waals surface area contributed by atoms with E-state index in [9.17, 15) is 23.3 Å². The van der Waals surface area contributed by atoms with Gasteiger partial charge in [0.1, 0.15) is 0 Å². The van der Waals surface area contributed by atoms with Crippen molar-refractivity contribution in [3.63, 3.8) is 0 Å². The molecular formula is C16H17N3O5S. The molecule has 0 fully saturated rings. The SMILES string of the molecule is Cc1ccc(NC(=O)CCNS(=O)(=O)c2ccccc2)cc1[N+](=O)[O-]. The highest BCUT2D eigenvalue weighted by Crippen LogP contribution is 2.22. The zero-order chi connectivity index (χ0) is 18.4. The van der Waals surface area contributed by atoms with Crippen LogP contribution in [0, 0.1) is 17.0 Å². The van der Waals surface area contributed by atoms with Crippen LogP contribution in [0.4, 0.5) is 11.4 Å². The van der Waals surface area contributed by atoms with Crippen LogP contribution in [0.25, 0.3) is 0 Å². The van der Waals surface area contributed by atoms with Crippen LogP contribution in [0.5, 0.6) is 0 Å². The standard InChI is InChI=1S/C16H17N3O5S/c1-12-7-8-13(11-15(12)19(21)22)18-16(20)9-10-17-25(23,24)14-5-3-2-4-6-14/h2-8,11,17H,9-10H2,1H3,(H,18,20). The minimum absolute atomic E-state index is 0.0863. The predicted octanol–water partition coefficient (Wildman–Crippen LogP) is 2.21. The van der Waals surface area contributed by atoms with Gasteiger partial charge in [0.2, 0.25) is 15.9 Å². The van der Waals surface area contributed by atoms with Gasteiger partial charge >= 0.3 is 0 Å². The Hall–Kier alpha value is -2.78. The van der Waals surface area contributed by atoms with Crippen molar-refractivity contribution in [1.29, 1.82) is 0 Å². The molecule has 0 saturated heterocycles. The number of amides is 1. The highest BCUT2D eigenvalue weighted by Gasteiger charge is 2.15. The van der Waals surface area contributed by atoms with Crippen molar-refractivity contribution >= 4 is 27.3 Å². The summed E-state index contributed by atoms with van der Waals surface area (Å²) in [6, 6.07) is 12.2. The first-order valence-electron chi connectivity index (χ1n) is 7.39. The number of hydrogen-bond acceptors (Lipinski definition) is 5. The van der Waals surface area contributed by atoms with Crippen LogP contribution in [-0.2, 0) is 14.8 Å². The molecule has 0 aliphatic heterocycles. The van der Waals surface area contributed by atoms with Gasteiger partial charge in [-0.25, -0.2) is 13.1 Å². The topological polar surface area (TPSA) is 118 Å². The van der Waals surface area contributed by atoms with E-state index in [1.165, 1.54) is 24.3 Å². The van der Waals surface area contributed by atoms with E-state index in [-0.39, 0.29) is 29.2 Å². The maximum absolute atomic E-state index is 12.0. The molecule has 0 radical (unpaired) electrons. The maximum atomic E-state index is 12.0. The summed E-state index contributed by atoms with van der Waals surface area (Å²) in [7, 11) is -3.67. The second-order valence-electron chi connectivity index (χ2n) is 5.27. The van der Waals surface area contributed by atoms with Crippen LogP contribution in [0.1, 0.15) is 12.0 Å². The normalized spacial score (nSPS) is 11.1. The molecule has 0 spiro atoms. The molecule has 2 N–H and O–H groups in total. The van der Waals surface area contributed by atoms with Crippen LogP contribution in [0.2, 0.25) is 0 Å². The number of sulfonamides is 1. The minimum atomic E-state index is -3.67. The molecule has 0 aliphatic rings. The fraction of sp³-hybridized carbons (Fsp3) is 0.188. The number of aryl methyl sites for hydroxylation is 1. The van der Waals surface area contributed by atoms with E-state index < -0.39 is 20.9 Å². The molecule has 132 valence electrons. The molecule has 0 bridgehead atoms. The van der Waals surface area contributed by atoms with E-state index in [1.807, 2.05) is 0 Å². The van der Waals surface area contributed by atoms with E-state index in [1.54, 1.807) is 31.2 Å². The lowest BCUT2D eigenvalue weighted by Gasteiger charge is -2.08. The van der Waals surface area contributed by atoms with E-state index in [4.69, 9.17) is 0 Å². The van der Waals surface area contributed by atoms with E-state index >= 15 is 0 Å². The highest BCUT2D eigenvalue weighted by atomic mass is 32.2. The molecule has 0 aliphatic carbocycles.